The van der Waals surface area contributed by atoms with Gasteiger partial charge in [-0.2, -0.15) is 13.2 Å². The molecule has 0 radical (unpaired) electrons. The SMILES string of the molecule is COCCn1cnc2c(Cl)c(C(=O)Nc3ccc(C(F)(F)F)cc3)cnc21. The number of carbonyl (C=O) groups excluding carboxylic acids is 1. The van der Waals surface area contributed by atoms with Gasteiger partial charge in [-0.15, -0.1) is 0 Å². The van der Waals surface area contributed by atoms with E-state index in [4.69, 9.17) is 16.3 Å². The molecule has 1 amide bonds. The number of alkyl halides is 3. The zero-order chi connectivity index (χ0) is 19.6. The number of imidazole rings is 1. The summed E-state index contributed by atoms with van der Waals surface area (Å²) in [6, 6.07) is 4.10. The van der Waals surface area contributed by atoms with E-state index in [1.54, 1.807) is 18.0 Å². The summed E-state index contributed by atoms with van der Waals surface area (Å²) in [6.45, 7) is 0.980. The summed E-state index contributed by atoms with van der Waals surface area (Å²) >= 11 is 6.28. The number of pyridine rings is 1. The van der Waals surface area contributed by atoms with E-state index in [0.29, 0.717) is 24.3 Å². The van der Waals surface area contributed by atoms with Crippen LogP contribution in [0.1, 0.15) is 15.9 Å². The number of benzene rings is 1. The Balaban J connectivity index is 1.82. The molecule has 0 unspecified atom stereocenters. The molecule has 0 aliphatic heterocycles. The summed E-state index contributed by atoms with van der Waals surface area (Å²) in [7, 11) is 1.57. The van der Waals surface area contributed by atoms with Crippen LogP contribution in [0.15, 0.2) is 36.8 Å². The maximum Gasteiger partial charge on any atom is 0.416 e. The van der Waals surface area contributed by atoms with E-state index in [1.165, 1.54) is 18.3 Å². The molecule has 0 saturated carbocycles. The van der Waals surface area contributed by atoms with Crippen LogP contribution in [0.25, 0.3) is 11.2 Å². The lowest BCUT2D eigenvalue weighted by Gasteiger charge is -2.10. The highest BCUT2D eigenvalue weighted by Gasteiger charge is 2.30. The first kappa shape index (κ1) is 19.1. The molecule has 10 heteroatoms. The van der Waals surface area contributed by atoms with Crippen molar-refractivity contribution in [2.75, 3.05) is 19.0 Å². The number of hydrogen-bond donors (Lipinski definition) is 1. The van der Waals surface area contributed by atoms with Crippen LogP contribution in [-0.2, 0) is 17.5 Å². The summed E-state index contributed by atoms with van der Waals surface area (Å²) in [5, 5.41) is 2.61. The van der Waals surface area contributed by atoms with Gasteiger partial charge in [-0.05, 0) is 24.3 Å². The highest BCUT2D eigenvalue weighted by atomic mass is 35.5. The molecule has 1 N–H and O–H groups in total. The zero-order valence-electron chi connectivity index (χ0n) is 14.0. The third-order valence-electron chi connectivity index (χ3n) is 3.82. The zero-order valence-corrected chi connectivity index (χ0v) is 14.8. The Labute approximate surface area is 156 Å². The average molecular weight is 399 g/mol. The summed E-state index contributed by atoms with van der Waals surface area (Å²) in [5.74, 6) is -0.597. The van der Waals surface area contributed by atoms with Gasteiger partial charge in [0.1, 0.15) is 5.52 Å². The molecule has 2 aromatic heterocycles. The van der Waals surface area contributed by atoms with E-state index in [0.717, 1.165) is 12.1 Å². The number of halogens is 4. The van der Waals surface area contributed by atoms with Gasteiger partial charge in [0.2, 0.25) is 0 Å². The second-order valence-electron chi connectivity index (χ2n) is 5.62. The largest absolute Gasteiger partial charge is 0.416 e. The van der Waals surface area contributed by atoms with Crippen LogP contribution < -0.4 is 5.32 Å². The van der Waals surface area contributed by atoms with Gasteiger partial charge in [0.05, 0.1) is 29.1 Å². The van der Waals surface area contributed by atoms with Crippen LogP contribution in [0, 0.1) is 0 Å². The molecule has 6 nitrogen and oxygen atoms in total. The Morgan fingerprint density at radius 3 is 2.59 bits per heavy atom. The number of ether oxygens (including phenoxy) is 1. The van der Waals surface area contributed by atoms with Crippen LogP contribution in [-0.4, -0.2) is 34.2 Å². The summed E-state index contributed by atoms with van der Waals surface area (Å²) in [4.78, 5) is 20.8. The molecule has 3 aromatic rings. The number of aromatic nitrogens is 3. The predicted molar refractivity (Wildman–Crippen MR) is 93.8 cm³/mol. The van der Waals surface area contributed by atoms with E-state index >= 15 is 0 Å². The van der Waals surface area contributed by atoms with Gasteiger partial charge < -0.3 is 14.6 Å². The number of amides is 1. The van der Waals surface area contributed by atoms with E-state index in [1.807, 2.05) is 0 Å². The van der Waals surface area contributed by atoms with Crippen molar-refractivity contribution in [3.8, 4) is 0 Å². The summed E-state index contributed by atoms with van der Waals surface area (Å²) in [6.07, 6.45) is -1.60. The molecule has 0 aliphatic carbocycles. The van der Waals surface area contributed by atoms with Crippen LogP contribution in [0.3, 0.4) is 0 Å². The Morgan fingerprint density at radius 1 is 1.26 bits per heavy atom. The lowest BCUT2D eigenvalue weighted by molar-refractivity contribution is -0.137. The van der Waals surface area contributed by atoms with E-state index < -0.39 is 17.6 Å². The smallest absolute Gasteiger partial charge is 0.383 e. The monoisotopic (exact) mass is 398 g/mol. The third-order valence-corrected chi connectivity index (χ3v) is 4.20. The minimum Gasteiger partial charge on any atom is -0.383 e. The van der Waals surface area contributed by atoms with E-state index in [9.17, 15) is 18.0 Å². The maximum atomic E-state index is 12.6. The standard InChI is InChI=1S/C17H14ClF3N4O2/c1-27-7-6-25-9-23-14-13(18)12(8-22-15(14)25)16(26)24-11-4-2-10(3-5-11)17(19,20)21/h2-5,8-9H,6-7H2,1H3,(H,24,26). The number of hydrogen-bond acceptors (Lipinski definition) is 4. The number of carbonyl (C=O) groups is 1. The van der Waals surface area contributed by atoms with Gasteiger partial charge in [0, 0.05) is 25.5 Å². The van der Waals surface area contributed by atoms with Crippen LogP contribution >= 0.6 is 11.6 Å². The number of anilines is 1. The molecule has 0 fully saturated rings. The number of rotatable bonds is 5. The molecule has 0 saturated heterocycles. The fourth-order valence-electron chi connectivity index (χ4n) is 2.43. The normalized spacial score (nSPS) is 11.7. The first-order chi connectivity index (χ1) is 12.8. The molecule has 0 bridgehead atoms. The van der Waals surface area contributed by atoms with Gasteiger partial charge in [-0.3, -0.25) is 4.79 Å². The minimum atomic E-state index is -4.44. The molecule has 0 spiro atoms. The Bertz CT molecular complexity index is 971. The topological polar surface area (TPSA) is 69.0 Å². The first-order valence-electron chi connectivity index (χ1n) is 7.78. The number of nitrogens with one attached hydrogen (secondary N) is 1. The van der Waals surface area contributed by atoms with Gasteiger partial charge in [-0.25, -0.2) is 9.97 Å². The van der Waals surface area contributed by atoms with Crippen molar-refractivity contribution >= 4 is 34.4 Å². The first-order valence-corrected chi connectivity index (χ1v) is 8.16. The van der Waals surface area contributed by atoms with Crippen molar-refractivity contribution in [2.24, 2.45) is 0 Å². The molecule has 142 valence electrons. The van der Waals surface area contributed by atoms with Crippen molar-refractivity contribution in [1.82, 2.24) is 14.5 Å². The summed E-state index contributed by atoms with van der Waals surface area (Å²) < 4.78 is 44.5. The Morgan fingerprint density at radius 2 is 1.96 bits per heavy atom. The van der Waals surface area contributed by atoms with Crippen molar-refractivity contribution in [1.29, 1.82) is 0 Å². The molecule has 1 aromatic carbocycles. The molecular weight excluding hydrogens is 385 g/mol. The minimum absolute atomic E-state index is 0.0704. The van der Waals surface area contributed by atoms with Gasteiger partial charge in [0.15, 0.2) is 5.65 Å². The molecule has 27 heavy (non-hydrogen) atoms. The lowest BCUT2D eigenvalue weighted by Crippen LogP contribution is -2.14. The predicted octanol–water partition coefficient (Wildman–Crippen LogP) is 4.00. The fraction of sp³-hybridized carbons (Fsp3) is 0.235. The van der Waals surface area contributed by atoms with E-state index in [-0.39, 0.29) is 16.3 Å². The van der Waals surface area contributed by atoms with Crippen molar-refractivity contribution in [2.45, 2.75) is 12.7 Å². The maximum absolute atomic E-state index is 12.6. The number of methoxy groups -OCH3 is 1. The highest BCUT2D eigenvalue weighted by Crippen LogP contribution is 2.30. The van der Waals surface area contributed by atoms with Gasteiger partial charge >= 0.3 is 6.18 Å². The second kappa shape index (κ2) is 7.53. The molecule has 2 heterocycles. The van der Waals surface area contributed by atoms with Crippen LogP contribution in [0.5, 0.6) is 0 Å². The van der Waals surface area contributed by atoms with Gasteiger partial charge in [-0.1, -0.05) is 11.6 Å². The van der Waals surface area contributed by atoms with Crippen molar-refractivity contribution in [3.63, 3.8) is 0 Å². The second-order valence-corrected chi connectivity index (χ2v) is 6.00. The molecule has 3 rings (SSSR count). The lowest BCUT2D eigenvalue weighted by atomic mass is 10.2. The Kier molecular flexibility index (Phi) is 5.33. The molecule has 0 aliphatic rings. The number of nitrogens with zero attached hydrogens (tertiary/aromatic N) is 3. The van der Waals surface area contributed by atoms with Crippen LogP contribution in [0.4, 0.5) is 18.9 Å². The Hall–Kier alpha value is -2.65. The van der Waals surface area contributed by atoms with Crippen LogP contribution in [0.2, 0.25) is 5.02 Å². The molecule has 0 atom stereocenters. The highest BCUT2D eigenvalue weighted by molar-refractivity contribution is 6.38. The van der Waals surface area contributed by atoms with Crippen molar-refractivity contribution in [3.05, 3.63) is 52.9 Å². The molecular formula is C17H14ClF3N4O2. The third kappa shape index (κ3) is 4.04. The number of fused-ring (bicyclic) bond motifs is 1. The average Bonchev–Trinajstić information content (AvgIpc) is 3.04. The fourth-order valence-corrected chi connectivity index (χ4v) is 2.70. The van der Waals surface area contributed by atoms with E-state index in [2.05, 4.69) is 15.3 Å². The van der Waals surface area contributed by atoms with Gasteiger partial charge in [0.25, 0.3) is 5.91 Å². The quantitative estimate of drug-likeness (QED) is 0.705. The van der Waals surface area contributed by atoms with Crippen molar-refractivity contribution < 1.29 is 22.7 Å². The summed E-state index contributed by atoms with van der Waals surface area (Å²) in [5.41, 5.74) is 0.329.